The van der Waals surface area contributed by atoms with Gasteiger partial charge in [-0.05, 0) is 18.3 Å². The Hall–Kier alpha value is -2.73. The number of carbonyl (C=O) groups is 5. The van der Waals surface area contributed by atoms with E-state index in [1.165, 1.54) is 0 Å². The van der Waals surface area contributed by atoms with Gasteiger partial charge in [0.2, 0.25) is 23.6 Å². The lowest BCUT2D eigenvalue weighted by Crippen LogP contribution is -2.59. The molecule has 4 atom stereocenters. The number of aliphatic hydroxyl groups excluding tert-OH is 1. The summed E-state index contributed by atoms with van der Waals surface area (Å²) in [6.45, 7) is 5.82. The zero-order valence-corrected chi connectivity index (χ0v) is 17.7. The van der Waals surface area contributed by atoms with Gasteiger partial charge in [0.25, 0.3) is 0 Å². The van der Waals surface area contributed by atoms with Crippen molar-refractivity contribution in [1.82, 2.24) is 16.0 Å². The molecule has 0 aliphatic heterocycles. The van der Waals surface area contributed by atoms with Gasteiger partial charge >= 0.3 is 5.97 Å². The molecule has 0 saturated heterocycles. The molecule has 0 spiro atoms. The highest BCUT2D eigenvalue weighted by Gasteiger charge is 2.31. The first-order valence-corrected chi connectivity index (χ1v) is 9.60. The van der Waals surface area contributed by atoms with Crippen LogP contribution in [-0.2, 0) is 24.0 Å². The molecule has 0 heterocycles. The SMILES string of the molecule is CC(C)C(N)C(=O)NC(CO)C(=O)NC(CCC(N)=O)C(=O)NC(C(=O)O)C(C)C. The number of hydrogen-bond acceptors (Lipinski definition) is 7. The minimum atomic E-state index is -1.40. The molecule has 0 fully saturated rings. The average molecular weight is 431 g/mol. The number of carboxylic acid groups (broad SMARTS) is 1. The van der Waals surface area contributed by atoms with E-state index in [0.717, 1.165) is 0 Å². The number of rotatable bonds is 13. The van der Waals surface area contributed by atoms with E-state index < -0.39 is 66.3 Å². The van der Waals surface area contributed by atoms with Crippen LogP contribution in [0.3, 0.4) is 0 Å². The Kier molecular flexibility index (Phi) is 11.6. The number of primary amides is 1. The van der Waals surface area contributed by atoms with Crippen LogP contribution in [-0.4, -0.2) is 70.6 Å². The van der Waals surface area contributed by atoms with Gasteiger partial charge in [0.1, 0.15) is 18.1 Å². The monoisotopic (exact) mass is 431 g/mol. The summed E-state index contributed by atoms with van der Waals surface area (Å²) < 4.78 is 0. The van der Waals surface area contributed by atoms with E-state index >= 15 is 0 Å². The third kappa shape index (κ3) is 9.18. The lowest BCUT2D eigenvalue weighted by Gasteiger charge is -2.25. The van der Waals surface area contributed by atoms with Crippen molar-refractivity contribution in [3.63, 3.8) is 0 Å². The Bertz CT molecular complexity index is 638. The number of nitrogens with one attached hydrogen (secondary N) is 3. The van der Waals surface area contributed by atoms with Crippen molar-refractivity contribution in [2.24, 2.45) is 23.3 Å². The Balaban J connectivity index is 5.34. The zero-order valence-electron chi connectivity index (χ0n) is 17.7. The third-order valence-corrected chi connectivity index (χ3v) is 4.38. The summed E-state index contributed by atoms with van der Waals surface area (Å²) in [5.74, 6) is -5.05. The standard InChI is InChI=1S/C18H33N5O7/c1-8(2)13(20)17(28)22-11(7-24)16(27)21-10(5-6-12(19)25)15(26)23-14(9(3)4)18(29)30/h8-11,13-14,24H,5-7,20H2,1-4H3,(H2,19,25)(H,21,27)(H,22,28)(H,23,26)(H,29,30). The van der Waals surface area contributed by atoms with Crippen molar-refractivity contribution in [2.75, 3.05) is 6.61 Å². The molecular formula is C18H33N5O7. The zero-order chi connectivity index (χ0) is 23.6. The lowest BCUT2D eigenvalue weighted by molar-refractivity contribution is -0.143. The van der Waals surface area contributed by atoms with Gasteiger partial charge < -0.3 is 37.6 Å². The third-order valence-electron chi connectivity index (χ3n) is 4.38. The maximum Gasteiger partial charge on any atom is 0.326 e. The number of aliphatic hydroxyl groups is 1. The van der Waals surface area contributed by atoms with Gasteiger partial charge in [0.15, 0.2) is 0 Å². The molecule has 0 aromatic heterocycles. The molecule has 0 aromatic carbocycles. The van der Waals surface area contributed by atoms with Crippen LogP contribution in [0.2, 0.25) is 0 Å². The van der Waals surface area contributed by atoms with Crippen LogP contribution in [0.25, 0.3) is 0 Å². The number of aliphatic carboxylic acids is 1. The maximum absolute atomic E-state index is 12.5. The van der Waals surface area contributed by atoms with Crippen molar-refractivity contribution in [3.05, 3.63) is 0 Å². The number of carbonyl (C=O) groups excluding carboxylic acids is 4. The predicted octanol–water partition coefficient (Wildman–Crippen LogP) is -2.58. The molecule has 4 unspecified atom stereocenters. The van der Waals surface area contributed by atoms with Crippen LogP contribution < -0.4 is 27.4 Å². The van der Waals surface area contributed by atoms with Gasteiger partial charge in [-0.15, -0.1) is 0 Å². The van der Waals surface area contributed by atoms with E-state index in [9.17, 15) is 34.2 Å². The van der Waals surface area contributed by atoms with Gasteiger partial charge in [-0.1, -0.05) is 27.7 Å². The molecule has 0 aliphatic rings. The van der Waals surface area contributed by atoms with Crippen molar-refractivity contribution in [1.29, 1.82) is 0 Å². The second-order valence-corrected chi connectivity index (χ2v) is 7.65. The van der Waals surface area contributed by atoms with Crippen LogP contribution in [0.1, 0.15) is 40.5 Å². The fourth-order valence-corrected chi connectivity index (χ4v) is 2.36. The Morgan fingerprint density at radius 3 is 1.73 bits per heavy atom. The van der Waals surface area contributed by atoms with E-state index in [2.05, 4.69) is 16.0 Å². The van der Waals surface area contributed by atoms with Crippen LogP contribution in [0.4, 0.5) is 0 Å². The van der Waals surface area contributed by atoms with Crippen molar-refractivity contribution >= 4 is 29.6 Å². The van der Waals surface area contributed by atoms with Crippen molar-refractivity contribution in [2.45, 2.75) is 64.7 Å². The molecular weight excluding hydrogens is 398 g/mol. The summed E-state index contributed by atoms with van der Waals surface area (Å²) in [5, 5.41) is 25.6. The van der Waals surface area contributed by atoms with Gasteiger partial charge in [0, 0.05) is 6.42 Å². The quantitative estimate of drug-likeness (QED) is 0.164. The van der Waals surface area contributed by atoms with Crippen LogP contribution in [0.5, 0.6) is 0 Å². The Morgan fingerprint density at radius 1 is 0.833 bits per heavy atom. The highest BCUT2D eigenvalue weighted by molar-refractivity contribution is 5.94. The lowest BCUT2D eigenvalue weighted by atomic mass is 10.0. The number of carboxylic acids is 1. The largest absolute Gasteiger partial charge is 0.480 e. The predicted molar refractivity (Wildman–Crippen MR) is 107 cm³/mol. The second kappa shape index (κ2) is 12.8. The first-order chi connectivity index (χ1) is 13.8. The van der Waals surface area contributed by atoms with Crippen molar-refractivity contribution in [3.8, 4) is 0 Å². The van der Waals surface area contributed by atoms with E-state index in [1.807, 2.05) is 0 Å². The minimum absolute atomic E-state index is 0.199. The van der Waals surface area contributed by atoms with E-state index in [-0.39, 0.29) is 18.8 Å². The van der Waals surface area contributed by atoms with Gasteiger partial charge in [0.05, 0.1) is 12.6 Å². The molecule has 12 nitrogen and oxygen atoms in total. The smallest absolute Gasteiger partial charge is 0.326 e. The molecule has 12 heteroatoms. The van der Waals surface area contributed by atoms with Crippen molar-refractivity contribution < 1.29 is 34.2 Å². The topological polar surface area (TPSA) is 214 Å². The highest BCUT2D eigenvalue weighted by Crippen LogP contribution is 2.05. The molecule has 9 N–H and O–H groups in total. The summed E-state index contributed by atoms with van der Waals surface area (Å²) in [6.07, 6.45) is -0.457. The van der Waals surface area contributed by atoms with E-state index in [0.29, 0.717) is 0 Å². The minimum Gasteiger partial charge on any atom is -0.480 e. The fourth-order valence-electron chi connectivity index (χ4n) is 2.36. The summed E-state index contributed by atoms with van der Waals surface area (Å²) in [7, 11) is 0. The fraction of sp³-hybridized carbons (Fsp3) is 0.722. The molecule has 30 heavy (non-hydrogen) atoms. The summed E-state index contributed by atoms with van der Waals surface area (Å²) in [5.41, 5.74) is 10.8. The molecule has 0 bridgehead atoms. The van der Waals surface area contributed by atoms with Crippen LogP contribution >= 0.6 is 0 Å². The summed E-state index contributed by atoms with van der Waals surface area (Å²) in [4.78, 5) is 59.5. The highest BCUT2D eigenvalue weighted by atomic mass is 16.4. The molecule has 4 amide bonds. The maximum atomic E-state index is 12.5. The normalized spacial score (nSPS) is 15.1. The first-order valence-electron chi connectivity index (χ1n) is 9.60. The molecule has 0 aliphatic carbocycles. The van der Waals surface area contributed by atoms with Gasteiger partial charge in [-0.2, -0.15) is 0 Å². The van der Waals surface area contributed by atoms with E-state index in [1.54, 1.807) is 27.7 Å². The Morgan fingerprint density at radius 2 is 1.33 bits per heavy atom. The first kappa shape index (κ1) is 27.3. The van der Waals surface area contributed by atoms with Gasteiger partial charge in [-0.3, -0.25) is 19.2 Å². The summed E-state index contributed by atoms with van der Waals surface area (Å²) >= 11 is 0. The number of hydrogen-bond donors (Lipinski definition) is 7. The molecule has 0 radical (unpaired) electrons. The average Bonchev–Trinajstić information content (AvgIpc) is 2.65. The molecule has 172 valence electrons. The molecule has 0 aromatic rings. The molecule has 0 rings (SSSR count). The van der Waals surface area contributed by atoms with Crippen LogP contribution in [0.15, 0.2) is 0 Å². The second-order valence-electron chi connectivity index (χ2n) is 7.65. The Labute approximate surface area is 175 Å². The van der Waals surface area contributed by atoms with E-state index in [4.69, 9.17) is 11.5 Å². The van der Waals surface area contributed by atoms with Crippen LogP contribution in [0, 0.1) is 11.8 Å². The molecule has 0 saturated carbocycles. The summed E-state index contributed by atoms with van der Waals surface area (Å²) in [6, 6.07) is -4.84. The number of amides is 4. The van der Waals surface area contributed by atoms with Gasteiger partial charge in [-0.25, -0.2) is 4.79 Å². The number of nitrogens with two attached hydrogens (primary N) is 2.